The number of benzene rings is 2. The van der Waals surface area contributed by atoms with Crippen LogP contribution in [0.5, 0.6) is 0 Å². The molecule has 5 heteroatoms. The van der Waals surface area contributed by atoms with Crippen molar-refractivity contribution in [3.8, 4) is 0 Å². The molecule has 0 N–H and O–H groups in total. The molecule has 2 aromatic heterocycles. The summed E-state index contributed by atoms with van der Waals surface area (Å²) in [6, 6.07) is 21.1. The molecular weight excluding hydrogens is 427 g/mol. The van der Waals surface area contributed by atoms with E-state index < -0.39 is 18.4 Å². The average molecular weight is 439 g/mol. The summed E-state index contributed by atoms with van der Waals surface area (Å²) in [5, 5.41) is 2.43. The van der Waals surface area contributed by atoms with E-state index in [-0.39, 0.29) is 0 Å². The Balaban J connectivity index is 1.55. The number of pyridine rings is 2. The first kappa shape index (κ1) is 15.3. The van der Waals surface area contributed by atoms with E-state index in [9.17, 15) is 0 Å². The summed E-state index contributed by atoms with van der Waals surface area (Å²) in [5.41, 5.74) is 2.25. The molecule has 4 rings (SSSR count). The van der Waals surface area contributed by atoms with E-state index in [0.717, 1.165) is 11.0 Å². The number of nitrogens with zero attached hydrogens (tertiary/aromatic N) is 2. The second-order valence-corrected chi connectivity index (χ2v) is 14.7. The molecule has 0 aliphatic heterocycles. The van der Waals surface area contributed by atoms with Crippen LogP contribution in [0.2, 0.25) is 0 Å². The van der Waals surface area contributed by atoms with Gasteiger partial charge in [-0.15, -0.1) is 0 Å². The van der Waals surface area contributed by atoms with Gasteiger partial charge in [0.15, 0.2) is 0 Å². The molecule has 0 saturated carbocycles. The van der Waals surface area contributed by atoms with Gasteiger partial charge < -0.3 is 0 Å². The normalized spacial score (nSPS) is 11.1. The predicted molar refractivity (Wildman–Crippen MR) is 101 cm³/mol. The van der Waals surface area contributed by atoms with E-state index in [4.69, 9.17) is 0 Å². The summed E-state index contributed by atoms with van der Waals surface area (Å²) in [6.45, 7) is 0. The first-order chi connectivity index (χ1) is 11.4. The van der Waals surface area contributed by atoms with Gasteiger partial charge in [-0.05, 0) is 0 Å². The molecule has 0 saturated heterocycles. The zero-order valence-corrected chi connectivity index (χ0v) is 16.6. The summed E-state index contributed by atoms with van der Waals surface area (Å²) in [4.78, 5) is 11.7. The van der Waals surface area contributed by atoms with Crippen LogP contribution in [0, 0.1) is 0 Å². The number of hydrogen-bond acceptors (Lipinski definition) is 4. The molecule has 0 aliphatic carbocycles. The van der Waals surface area contributed by atoms with Crippen molar-refractivity contribution in [2.24, 2.45) is 0 Å². The second kappa shape index (κ2) is 7.11. The Kier molecular flexibility index (Phi) is 4.73. The van der Waals surface area contributed by atoms with E-state index in [2.05, 4.69) is 58.5 Å². The van der Waals surface area contributed by atoms with E-state index in [1.54, 1.807) is 0 Å². The SMILES string of the molecule is c1cnc2c([S][Sn][S]c3cccc4cccnc34)cccc2c1. The van der Waals surface area contributed by atoms with Crippen LogP contribution in [-0.2, 0) is 0 Å². The van der Waals surface area contributed by atoms with Crippen molar-refractivity contribution >= 4 is 58.1 Å². The minimum atomic E-state index is -0.710. The van der Waals surface area contributed by atoms with Crippen LogP contribution < -0.4 is 0 Å². The molecule has 0 spiro atoms. The molecule has 2 nitrogen and oxygen atoms in total. The van der Waals surface area contributed by atoms with Gasteiger partial charge in [-0.1, -0.05) is 0 Å². The maximum absolute atomic E-state index is 4.54. The Morgan fingerprint density at radius 1 is 0.609 bits per heavy atom. The van der Waals surface area contributed by atoms with Gasteiger partial charge in [-0.25, -0.2) is 0 Å². The fraction of sp³-hybridized carbons (Fsp3) is 0. The zero-order chi connectivity index (χ0) is 15.5. The van der Waals surface area contributed by atoms with Crippen molar-refractivity contribution in [1.82, 2.24) is 9.97 Å². The van der Waals surface area contributed by atoms with Crippen LogP contribution in [0.25, 0.3) is 21.8 Å². The summed E-state index contributed by atoms with van der Waals surface area (Å²) in [7, 11) is 3.99. The van der Waals surface area contributed by atoms with Gasteiger partial charge in [-0.2, -0.15) is 0 Å². The van der Waals surface area contributed by atoms with Gasteiger partial charge >= 0.3 is 151 Å². The van der Waals surface area contributed by atoms with Gasteiger partial charge in [0.2, 0.25) is 0 Å². The van der Waals surface area contributed by atoms with Crippen LogP contribution in [0.1, 0.15) is 0 Å². The number of rotatable bonds is 4. The monoisotopic (exact) mass is 440 g/mol. The van der Waals surface area contributed by atoms with Crippen molar-refractivity contribution in [1.29, 1.82) is 0 Å². The minimum absolute atomic E-state index is 0.710. The molecule has 0 amide bonds. The molecular formula is C18H12N2S2Sn. The Morgan fingerprint density at radius 2 is 1.09 bits per heavy atom. The molecule has 2 radical (unpaired) electrons. The van der Waals surface area contributed by atoms with Crippen molar-refractivity contribution in [2.45, 2.75) is 9.79 Å². The third kappa shape index (κ3) is 3.34. The summed E-state index contributed by atoms with van der Waals surface area (Å²) < 4.78 is 0. The van der Waals surface area contributed by atoms with E-state index in [0.29, 0.717) is 0 Å². The molecule has 23 heavy (non-hydrogen) atoms. The third-order valence-corrected chi connectivity index (χ3v) is 13.3. The molecule has 110 valence electrons. The quantitative estimate of drug-likeness (QED) is 0.409. The van der Waals surface area contributed by atoms with E-state index >= 15 is 0 Å². The van der Waals surface area contributed by atoms with Gasteiger partial charge in [0.05, 0.1) is 0 Å². The Hall–Kier alpha value is -1.24. The average Bonchev–Trinajstić information content (AvgIpc) is 2.62. The molecule has 0 aliphatic rings. The first-order valence-corrected chi connectivity index (χ1v) is 15.8. The van der Waals surface area contributed by atoms with E-state index in [1.165, 1.54) is 20.6 Å². The molecule has 0 fully saturated rings. The standard InChI is InChI=1S/2C9H7NS.Sn/c2*11-8-5-1-3-7-4-2-6-10-9(7)8;/h2*1-6,11H;/q;;+2/p-2. The molecule has 2 aromatic carbocycles. The zero-order valence-electron chi connectivity index (χ0n) is 12.1. The van der Waals surface area contributed by atoms with E-state index in [1.807, 2.05) is 42.4 Å². The van der Waals surface area contributed by atoms with Gasteiger partial charge in [0.1, 0.15) is 0 Å². The van der Waals surface area contributed by atoms with Gasteiger partial charge in [0.25, 0.3) is 0 Å². The first-order valence-electron chi connectivity index (χ1n) is 7.18. The second-order valence-electron chi connectivity index (χ2n) is 4.95. The molecule has 2 heterocycles. The summed E-state index contributed by atoms with van der Waals surface area (Å²) in [5.74, 6) is 0. The third-order valence-electron chi connectivity index (χ3n) is 3.49. The molecule has 0 unspecified atom stereocenters. The van der Waals surface area contributed by atoms with Crippen molar-refractivity contribution in [3.63, 3.8) is 0 Å². The number of aromatic nitrogens is 2. The van der Waals surface area contributed by atoms with Gasteiger partial charge in [-0.3, -0.25) is 0 Å². The molecule has 0 bridgehead atoms. The summed E-state index contributed by atoms with van der Waals surface area (Å²) >= 11 is -0.710. The fourth-order valence-electron chi connectivity index (χ4n) is 2.43. The molecule has 0 atom stereocenters. The Bertz CT molecular complexity index is 885. The number of para-hydroxylation sites is 2. The Labute approximate surface area is 150 Å². The van der Waals surface area contributed by atoms with Crippen molar-refractivity contribution in [3.05, 3.63) is 73.1 Å². The number of hydrogen-bond donors (Lipinski definition) is 0. The Morgan fingerprint density at radius 3 is 1.61 bits per heavy atom. The van der Waals surface area contributed by atoms with Crippen molar-refractivity contribution < 1.29 is 0 Å². The fourth-order valence-corrected chi connectivity index (χ4v) is 12.6. The predicted octanol–water partition coefficient (Wildman–Crippen LogP) is 5.20. The van der Waals surface area contributed by atoms with Gasteiger partial charge in [0, 0.05) is 0 Å². The number of fused-ring (bicyclic) bond motifs is 2. The van der Waals surface area contributed by atoms with Crippen LogP contribution in [0.4, 0.5) is 0 Å². The van der Waals surface area contributed by atoms with Crippen molar-refractivity contribution in [2.75, 3.05) is 0 Å². The topological polar surface area (TPSA) is 25.8 Å². The van der Waals surface area contributed by atoms with Crippen LogP contribution in [0.3, 0.4) is 0 Å². The maximum atomic E-state index is 4.54. The van der Waals surface area contributed by atoms with Crippen LogP contribution in [0.15, 0.2) is 82.8 Å². The van der Waals surface area contributed by atoms with Crippen LogP contribution >= 0.6 is 17.9 Å². The molecule has 4 aromatic rings. The summed E-state index contributed by atoms with van der Waals surface area (Å²) in [6.07, 6.45) is 3.75. The van der Waals surface area contributed by atoms with Crippen LogP contribution in [-0.4, -0.2) is 28.3 Å².